The maximum atomic E-state index is 13.4. The normalized spacial score (nSPS) is 29.2. The second-order valence-corrected chi connectivity index (χ2v) is 9.98. The Hall–Kier alpha value is -1.92. The third-order valence-electron chi connectivity index (χ3n) is 7.77. The lowest BCUT2D eigenvalue weighted by atomic mass is 9.90. The second-order valence-electron chi connectivity index (χ2n) is 9.98. The van der Waals surface area contributed by atoms with E-state index in [4.69, 9.17) is 0 Å². The van der Waals surface area contributed by atoms with Crippen molar-refractivity contribution < 1.29 is 19.2 Å². The van der Waals surface area contributed by atoms with Gasteiger partial charge >= 0.3 is 0 Å². The van der Waals surface area contributed by atoms with E-state index in [1.807, 2.05) is 0 Å². The third-order valence-corrected chi connectivity index (χ3v) is 7.77. The van der Waals surface area contributed by atoms with Gasteiger partial charge in [-0.25, -0.2) is 0 Å². The Labute approximate surface area is 185 Å². The molecule has 0 aromatic rings. The summed E-state index contributed by atoms with van der Waals surface area (Å²) in [5, 5.41) is 6.10. The maximum Gasteiger partial charge on any atom is 0.291 e. The molecule has 2 unspecified atom stereocenters. The molecule has 172 valence electrons. The zero-order chi connectivity index (χ0) is 21.8. The first-order chi connectivity index (χ1) is 15.1. The van der Waals surface area contributed by atoms with Crippen LogP contribution in [0.25, 0.3) is 0 Å². The second kappa shape index (κ2) is 10.1. The number of carbonyl (C=O) groups is 4. The summed E-state index contributed by atoms with van der Waals surface area (Å²) in [4.78, 5) is 54.2. The van der Waals surface area contributed by atoms with Crippen molar-refractivity contribution in [3.8, 4) is 0 Å². The first-order valence-corrected chi connectivity index (χ1v) is 12.5. The average molecular weight is 432 g/mol. The quantitative estimate of drug-likeness (QED) is 0.517. The van der Waals surface area contributed by atoms with Gasteiger partial charge in [0.25, 0.3) is 5.91 Å². The van der Waals surface area contributed by atoms with Crippen LogP contribution in [0, 0.1) is 5.92 Å². The summed E-state index contributed by atoms with van der Waals surface area (Å²) in [5.41, 5.74) is 0. The van der Waals surface area contributed by atoms with E-state index in [1.54, 1.807) is 0 Å². The monoisotopic (exact) mass is 431 g/mol. The van der Waals surface area contributed by atoms with Crippen LogP contribution in [0.4, 0.5) is 0 Å². The minimum atomic E-state index is -1.22. The molecule has 0 aromatic heterocycles. The van der Waals surface area contributed by atoms with Crippen LogP contribution in [0.5, 0.6) is 0 Å². The number of hydrogen-bond acceptors (Lipinski definition) is 4. The van der Waals surface area contributed by atoms with Crippen LogP contribution in [0.15, 0.2) is 0 Å². The molecule has 1 aliphatic heterocycles. The molecular formula is C24H37N3O4. The molecule has 4 rings (SSSR count). The summed E-state index contributed by atoms with van der Waals surface area (Å²) in [7, 11) is 0. The van der Waals surface area contributed by atoms with E-state index in [0.717, 1.165) is 89.9 Å². The van der Waals surface area contributed by atoms with Gasteiger partial charge in [-0.2, -0.15) is 0 Å². The van der Waals surface area contributed by atoms with Gasteiger partial charge in [-0.1, -0.05) is 57.8 Å². The predicted molar refractivity (Wildman–Crippen MR) is 116 cm³/mol. The number of carbonyl (C=O) groups excluding carboxylic acids is 4. The van der Waals surface area contributed by atoms with Crippen molar-refractivity contribution >= 4 is 23.5 Å². The molecule has 1 heterocycles. The Morgan fingerprint density at radius 2 is 1.10 bits per heavy atom. The highest BCUT2D eigenvalue weighted by Gasteiger charge is 2.56. The lowest BCUT2D eigenvalue weighted by molar-refractivity contribution is -0.144. The van der Waals surface area contributed by atoms with Crippen molar-refractivity contribution in [3.63, 3.8) is 0 Å². The molecule has 7 nitrogen and oxygen atoms in total. The average Bonchev–Trinajstić information content (AvgIpc) is 3.06. The molecule has 31 heavy (non-hydrogen) atoms. The van der Waals surface area contributed by atoms with E-state index in [9.17, 15) is 19.2 Å². The Morgan fingerprint density at radius 3 is 1.61 bits per heavy atom. The Morgan fingerprint density at radius 1 is 0.645 bits per heavy atom. The summed E-state index contributed by atoms with van der Waals surface area (Å²) in [5.74, 6) is -3.32. The number of amides is 3. The zero-order valence-electron chi connectivity index (χ0n) is 18.6. The molecule has 0 bridgehead atoms. The smallest absolute Gasteiger partial charge is 0.291 e. The molecule has 0 radical (unpaired) electrons. The predicted octanol–water partition coefficient (Wildman–Crippen LogP) is 2.61. The molecule has 1 saturated heterocycles. The fourth-order valence-electron chi connectivity index (χ4n) is 6.05. The number of nitrogens with one attached hydrogen (secondary N) is 2. The van der Waals surface area contributed by atoms with Crippen LogP contribution < -0.4 is 10.6 Å². The fourth-order valence-corrected chi connectivity index (χ4v) is 6.05. The van der Waals surface area contributed by atoms with Crippen LogP contribution >= 0.6 is 0 Å². The number of Topliss-reactive ketones (excluding diaryl/α,β-unsaturated/α-hetero) is 1. The molecule has 4 fully saturated rings. The van der Waals surface area contributed by atoms with Gasteiger partial charge in [-0.05, 0) is 38.5 Å². The summed E-state index contributed by atoms with van der Waals surface area (Å²) in [6.45, 7) is 0. The van der Waals surface area contributed by atoms with Crippen molar-refractivity contribution in [2.24, 2.45) is 5.92 Å². The minimum Gasteiger partial charge on any atom is -0.353 e. The van der Waals surface area contributed by atoms with Crippen LogP contribution in [-0.4, -0.2) is 52.6 Å². The lowest BCUT2D eigenvalue weighted by Gasteiger charge is -2.36. The third kappa shape index (κ3) is 4.96. The van der Waals surface area contributed by atoms with Crippen molar-refractivity contribution in [1.82, 2.24) is 15.5 Å². The van der Waals surface area contributed by atoms with E-state index < -0.39 is 29.6 Å². The van der Waals surface area contributed by atoms with Crippen LogP contribution in [0.2, 0.25) is 0 Å². The molecular weight excluding hydrogens is 394 g/mol. The molecule has 2 atom stereocenters. The number of likely N-dealkylation sites (tertiary alicyclic amines) is 1. The number of nitrogens with zero attached hydrogens (tertiary/aromatic N) is 1. The first-order valence-electron chi connectivity index (χ1n) is 12.5. The van der Waals surface area contributed by atoms with Crippen LogP contribution in [0.1, 0.15) is 96.3 Å². The van der Waals surface area contributed by atoms with E-state index in [2.05, 4.69) is 10.6 Å². The van der Waals surface area contributed by atoms with Gasteiger partial charge in [0.1, 0.15) is 12.0 Å². The summed E-state index contributed by atoms with van der Waals surface area (Å²) < 4.78 is 0. The highest BCUT2D eigenvalue weighted by Crippen LogP contribution is 2.33. The van der Waals surface area contributed by atoms with Crippen molar-refractivity contribution in [3.05, 3.63) is 0 Å². The molecule has 4 aliphatic rings. The standard InChI is InChI=1S/C24H37N3O4/c28-21-19(22(29)25-16-10-4-1-5-11-16)20(23(30)26-17-12-6-2-7-13-17)27(24(21)31)18-14-8-3-9-15-18/h16-20H,1-15H2,(H,25,29)(H,26,30). The van der Waals surface area contributed by atoms with Crippen LogP contribution in [-0.2, 0) is 19.2 Å². The van der Waals surface area contributed by atoms with Crippen molar-refractivity contribution in [2.45, 2.75) is 120 Å². The molecule has 3 saturated carbocycles. The van der Waals surface area contributed by atoms with Crippen molar-refractivity contribution in [1.29, 1.82) is 0 Å². The maximum absolute atomic E-state index is 13.4. The largest absolute Gasteiger partial charge is 0.353 e. The summed E-state index contributed by atoms with van der Waals surface area (Å²) >= 11 is 0. The first kappa shape index (κ1) is 22.3. The lowest BCUT2D eigenvalue weighted by Crippen LogP contribution is -2.56. The summed E-state index contributed by atoms with van der Waals surface area (Å²) in [6, 6.07) is -1.02. The molecule has 0 aromatic carbocycles. The topological polar surface area (TPSA) is 95.6 Å². The number of hydrogen-bond donors (Lipinski definition) is 2. The van der Waals surface area contributed by atoms with Gasteiger partial charge in [0, 0.05) is 18.1 Å². The van der Waals surface area contributed by atoms with Gasteiger partial charge < -0.3 is 15.5 Å². The Kier molecular flexibility index (Phi) is 7.28. The van der Waals surface area contributed by atoms with Crippen molar-refractivity contribution in [2.75, 3.05) is 0 Å². The minimum absolute atomic E-state index is 0.0370. The highest BCUT2D eigenvalue weighted by molar-refractivity contribution is 6.44. The fraction of sp³-hybridized carbons (Fsp3) is 0.833. The molecule has 2 N–H and O–H groups in total. The van der Waals surface area contributed by atoms with E-state index in [-0.39, 0.29) is 24.0 Å². The molecule has 3 aliphatic carbocycles. The molecule has 7 heteroatoms. The van der Waals surface area contributed by atoms with E-state index >= 15 is 0 Å². The zero-order valence-corrected chi connectivity index (χ0v) is 18.6. The Balaban J connectivity index is 1.55. The van der Waals surface area contributed by atoms with Gasteiger partial charge in [0.05, 0.1) is 0 Å². The molecule has 3 amide bonds. The van der Waals surface area contributed by atoms with Gasteiger partial charge in [-0.15, -0.1) is 0 Å². The van der Waals surface area contributed by atoms with Crippen LogP contribution in [0.3, 0.4) is 0 Å². The summed E-state index contributed by atoms with van der Waals surface area (Å²) in [6.07, 6.45) is 14.9. The molecule has 0 spiro atoms. The van der Waals surface area contributed by atoms with E-state index in [0.29, 0.717) is 0 Å². The Bertz CT molecular complexity index is 691. The highest BCUT2D eigenvalue weighted by atomic mass is 16.2. The van der Waals surface area contributed by atoms with E-state index in [1.165, 1.54) is 11.3 Å². The van der Waals surface area contributed by atoms with Gasteiger partial charge in [0.15, 0.2) is 0 Å². The SMILES string of the molecule is O=C(NC1CCCCC1)C1C(=O)C(=O)N(C2CCCCC2)C1C(=O)NC1CCCCC1. The number of rotatable bonds is 5. The van der Waals surface area contributed by atoms with Gasteiger partial charge in [-0.3, -0.25) is 19.2 Å². The number of ketones is 1. The van der Waals surface area contributed by atoms with Gasteiger partial charge in [0.2, 0.25) is 17.6 Å².